The van der Waals surface area contributed by atoms with Crippen LogP contribution in [0, 0.1) is 18.6 Å². The van der Waals surface area contributed by atoms with E-state index in [1.165, 1.54) is 0 Å². The molecule has 3 aromatic rings. The van der Waals surface area contributed by atoms with Crippen LogP contribution in [0.5, 0.6) is 0 Å². The van der Waals surface area contributed by atoms with Crippen LogP contribution in [0.3, 0.4) is 0 Å². The lowest BCUT2D eigenvalue weighted by Crippen LogP contribution is -2.35. The molecule has 1 heterocycles. The molecule has 0 spiro atoms. The van der Waals surface area contributed by atoms with Crippen molar-refractivity contribution in [3.63, 3.8) is 0 Å². The first-order chi connectivity index (χ1) is 13.3. The highest BCUT2D eigenvalue weighted by molar-refractivity contribution is 6.30. The maximum absolute atomic E-state index is 13.6. The van der Waals surface area contributed by atoms with Crippen LogP contribution in [0.4, 0.5) is 19.4 Å². The zero-order valence-corrected chi connectivity index (χ0v) is 15.3. The van der Waals surface area contributed by atoms with Crippen molar-refractivity contribution < 1.29 is 18.4 Å². The van der Waals surface area contributed by atoms with E-state index in [1.54, 1.807) is 24.4 Å². The highest BCUT2D eigenvalue weighted by Gasteiger charge is 2.19. The van der Waals surface area contributed by atoms with Gasteiger partial charge in [0.05, 0.1) is 0 Å². The zero-order chi connectivity index (χ0) is 20.3. The molecular weight excluding hydrogens is 388 g/mol. The molecule has 0 saturated heterocycles. The molecule has 3 amide bonds. The van der Waals surface area contributed by atoms with Gasteiger partial charge in [-0.15, -0.1) is 0 Å². The molecule has 0 atom stereocenters. The number of nitrogens with one attached hydrogen (secondary N) is 2. The highest BCUT2D eigenvalue weighted by atomic mass is 35.5. The molecule has 1 aromatic heterocycles. The molecule has 142 valence electrons. The molecule has 5 nitrogen and oxygen atoms in total. The number of hydrogen-bond acceptors (Lipinski definition) is 3. The van der Waals surface area contributed by atoms with Gasteiger partial charge in [0.2, 0.25) is 0 Å². The Morgan fingerprint density at radius 1 is 1.04 bits per heavy atom. The second-order valence-electron chi connectivity index (χ2n) is 5.90. The summed E-state index contributed by atoms with van der Waals surface area (Å²) >= 11 is 5.88. The Balaban J connectivity index is 1.71. The Hall–Kier alpha value is -3.32. The van der Waals surface area contributed by atoms with E-state index in [2.05, 4.69) is 10.3 Å². The van der Waals surface area contributed by atoms with Gasteiger partial charge < -0.3 is 0 Å². The quantitative estimate of drug-likeness (QED) is 0.652. The van der Waals surface area contributed by atoms with Crippen molar-refractivity contribution in [2.24, 2.45) is 0 Å². The summed E-state index contributed by atoms with van der Waals surface area (Å²) in [7, 11) is 0. The lowest BCUT2D eigenvalue weighted by atomic mass is 10.0. The summed E-state index contributed by atoms with van der Waals surface area (Å²) in [5.41, 5.74) is 1.72. The maximum Gasteiger partial charge on any atom is 0.327 e. The molecule has 0 unspecified atom stereocenters. The molecule has 0 fully saturated rings. The third-order valence-electron chi connectivity index (χ3n) is 3.92. The summed E-state index contributed by atoms with van der Waals surface area (Å²) in [6, 6.07) is 10.8. The molecule has 8 heteroatoms. The Kier molecular flexibility index (Phi) is 5.65. The summed E-state index contributed by atoms with van der Waals surface area (Å²) in [4.78, 5) is 28.0. The zero-order valence-electron chi connectivity index (χ0n) is 14.6. The monoisotopic (exact) mass is 401 g/mol. The second kappa shape index (κ2) is 8.14. The number of benzene rings is 2. The van der Waals surface area contributed by atoms with E-state index in [9.17, 15) is 18.4 Å². The maximum atomic E-state index is 13.6. The number of urea groups is 1. The molecule has 0 bridgehead atoms. The number of nitrogens with zero attached hydrogens (tertiary/aromatic N) is 1. The summed E-state index contributed by atoms with van der Waals surface area (Å²) in [6.07, 6.45) is 1.56. The number of anilines is 1. The van der Waals surface area contributed by atoms with Crippen LogP contribution in [0.25, 0.3) is 11.1 Å². The Labute approximate surface area is 164 Å². The van der Waals surface area contributed by atoms with Crippen LogP contribution in [-0.4, -0.2) is 16.9 Å². The fourth-order valence-electron chi connectivity index (χ4n) is 2.58. The molecule has 2 N–H and O–H groups in total. The summed E-state index contributed by atoms with van der Waals surface area (Å²) < 4.78 is 27.2. The Bertz CT molecular complexity index is 1040. The number of hydrogen-bond donors (Lipinski definition) is 2. The van der Waals surface area contributed by atoms with Crippen LogP contribution < -0.4 is 10.6 Å². The minimum atomic E-state index is -1.19. The number of imide groups is 1. The average Bonchev–Trinajstić information content (AvgIpc) is 2.62. The molecule has 2 aromatic carbocycles. The van der Waals surface area contributed by atoms with E-state index < -0.39 is 29.1 Å². The minimum Gasteiger partial charge on any atom is -0.292 e. The van der Waals surface area contributed by atoms with Gasteiger partial charge in [-0.25, -0.2) is 18.6 Å². The number of amides is 3. The van der Waals surface area contributed by atoms with Gasteiger partial charge >= 0.3 is 6.03 Å². The van der Waals surface area contributed by atoms with E-state index in [1.807, 2.05) is 24.4 Å². The lowest BCUT2D eigenvalue weighted by Gasteiger charge is -2.10. The van der Waals surface area contributed by atoms with Gasteiger partial charge in [0.1, 0.15) is 23.0 Å². The first kappa shape index (κ1) is 19.4. The van der Waals surface area contributed by atoms with E-state index in [-0.39, 0.29) is 5.82 Å². The topological polar surface area (TPSA) is 71.1 Å². The van der Waals surface area contributed by atoms with Crippen LogP contribution >= 0.6 is 11.6 Å². The smallest absolute Gasteiger partial charge is 0.292 e. The summed E-state index contributed by atoms with van der Waals surface area (Å²) in [5, 5.41) is 4.85. The van der Waals surface area contributed by atoms with Crippen LogP contribution in [-0.2, 0) is 0 Å². The first-order valence-electron chi connectivity index (χ1n) is 8.14. The Morgan fingerprint density at radius 3 is 2.29 bits per heavy atom. The van der Waals surface area contributed by atoms with Gasteiger partial charge in [-0.3, -0.25) is 15.4 Å². The second-order valence-corrected chi connectivity index (χ2v) is 6.33. The molecule has 0 aliphatic rings. The SMILES string of the molecule is Cc1cc(NC(=O)NC(=O)c2c(F)cccc2F)ncc1-c1ccc(Cl)cc1. The van der Waals surface area contributed by atoms with Crippen molar-refractivity contribution in [2.75, 3.05) is 5.32 Å². The normalized spacial score (nSPS) is 10.4. The van der Waals surface area contributed by atoms with Crippen LogP contribution in [0.2, 0.25) is 5.02 Å². The molecule has 0 aliphatic carbocycles. The molecule has 0 aliphatic heterocycles. The molecule has 0 saturated carbocycles. The van der Waals surface area contributed by atoms with E-state index in [0.29, 0.717) is 5.02 Å². The standard InChI is InChI=1S/C20H14ClF2N3O2/c1-11-9-17(24-10-14(11)12-5-7-13(21)8-6-12)25-20(28)26-19(27)18-15(22)3-2-4-16(18)23/h2-10H,1H3,(H2,24,25,26,27,28). The molecular formula is C20H14ClF2N3O2. The van der Waals surface area contributed by atoms with E-state index in [4.69, 9.17) is 11.6 Å². The van der Waals surface area contributed by atoms with Crippen LogP contribution in [0.15, 0.2) is 54.7 Å². The van der Waals surface area contributed by atoms with Crippen molar-refractivity contribution in [1.82, 2.24) is 10.3 Å². The summed E-state index contributed by atoms with van der Waals surface area (Å²) in [6.45, 7) is 1.83. The number of halogens is 3. The highest BCUT2D eigenvalue weighted by Crippen LogP contribution is 2.25. The number of aryl methyl sites for hydroxylation is 1. The predicted octanol–water partition coefficient (Wildman–Crippen LogP) is 4.95. The molecule has 3 rings (SSSR count). The number of carbonyl (C=O) groups excluding carboxylic acids is 2. The minimum absolute atomic E-state index is 0.175. The largest absolute Gasteiger partial charge is 0.327 e. The third-order valence-corrected chi connectivity index (χ3v) is 4.18. The average molecular weight is 402 g/mol. The van der Waals surface area contributed by atoms with Crippen molar-refractivity contribution in [2.45, 2.75) is 6.92 Å². The van der Waals surface area contributed by atoms with Crippen molar-refractivity contribution in [3.05, 3.63) is 82.5 Å². The van der Waals surface area contributed by atoms with Crippen LogP contribution in [0.1, 0.15) is 15.9 Å². The summed E-state index contributed by atoms with van der Waals surface area (Å²) in [5.74, 6) is -3.14. The fourth-order valence-corrected chi connectivity index (χ4v) is 2.71. The van der Waals surface area contributed by atoms with Gasteiger partial charge in [0.25, 0.3) is 5.91 Å². The van der Waals surface area contributed by atoms with Crippen molar-refractivity contribution >= 4 is 29.4 Å². The number of pyridine rings is 1. The van der Waals surface area contributed by atoms with E-state index in [0.717, 1.165) is 34.9 Å². The number of rotatable bonds is 3. The van der Waals surface area contributed by atoms with Gasteiger partial charge in [-0.05, 0) is 48.4 Å². The lowest BCUT2D eigenvalue weighted by molar-refractivity contribution is 0.0959. The fraction of sp³-hybridized carbons (Fsp3) is 0.0500. The third kappa shape index (κ3) is 4.32. The molecule has 28 heavy (non-hydrogen) atoms. The van der Waals surface area contributed by atoms with Gasteiger partial charge in [-0.2, -0.15) is 0 Å². The van der Waals surface area contributed by atoms with Crippen molar-refractivity contribution in [1.29, 1.82) is 0 Å². The van der Waals surface area contributed by atoms with E-state index >= 15 is 0 Å². The predicted molar refractivity (Wildman–Crippen MR) is 102 cm³/mol. The van der Waals surface area contributed by atoms with Gasteiger partial charge in [-0.1, -0.05) is 29.8 Å². The van der Waals surface area contributed by atoms with Gasteiger partial charge in [0, 0.05) is 16.8 Å². The Morgan fingerprint density at radius 2 is 1.68 bits per heavy atom. The van der Waals surface area contributed by atoms with Gasteiger partial charge in [0.15, 0.2) is 0 Å². The first-order valence-corrected chi connectivity index (χ1v) is 8.52. The van der Waals surface area contributed by atoms with Crippen molar-refractivity contribution in [3.8, 4) is 11.1 Å². The number of aromatic nitrogens is 1. The molecule has 0 radical (unpaired) electrons. The number of carbonyl (C=O) groups is 2.